The van der Waals surface area contributed by atoms with Gasteiger partial charge in [-0.2, -0.15) is 0 Å². The van der Waals surface area contributed by atoms with E-state index < -0.39 is 47.2 Å². The first kappa shape index (κ1) is 30.3. The maximum absolute atomic E-state index is 13.4. The van der Waals surface area contributed by atoms with Crippen molar-refractivity contribution in [3.63, 3.8) is 0 Å². The fourth-order valence-electron chi connectivity index (χ4n) is 4.13. The van der Waals surface area contributed by atoms with Crippen LogP contribution in [0.2, 0.25) is 0 Å². The highest BCUT2D eigenvalue weighted by molar-refractivity contribution is 8.01. The minimum Gasteiger partial charge on any atom is -0.477 e. The topological polar surface area (TPSA) is 162 Å². The number of carboxylic acids is 1. The van der Waals surface area contributed by atoms with Crippen molar-refractivity contribution >= 4 is 64.6 Å². The molecule has 1 fully saturated rings. The highest BCUT2D eigenvalue weighted by Crippen LogP contribution is 2.42. The minimum absolute atomic E-state index is 0.0923. The maximum atomic E-state index is 13.4. The summed E-state index contributed by atoms with van der Waals surface area (Å²) < 4.78 is 0.703. The predicted octanol–water partition coefficient (Wildman–Crippen LogP) is 2.55. The van der Waals surface area contributed by atoms with Gasteiger partial charge >= 0.3 is 12.0 Å². The summed E-state index contributed by atoms with van der Waals surface area (Å²) in [6.07, 6.45) is 1.30. The zero-order chi connectivity index (χ0) is 29.8. The molecule has 2 aliphatic rings. The molecule has 5 amide bonds. The Labute approximate surface area is 248 Å². The van der Waals surface area contributed by atoms with Crippen LogP contribution in [0, 0.1) is 6.92 Å². The summed E-state index contributed by atoms with van der Waals surface area (Å²) in [5, 5.41) is 23.4. The van der Waals surface area contributed by atoms with E-state index in [1.165, 1.54) is 52.9 Å². The summed E-state index contributed by atoms with van der Waals surface area (Å²) >= 11 is 4.10. The summed E-state index contributed by atoms with van der Waals surface area (Å²) in [7, 11) is 1.30. The first-order chi connectivity index (χ1) is 19.5. The lowest BCUT2D eigenvalue weighted by Crippen LogP contribution is -2.71. The number of rotatable bonds is 9. The first-order valence-electron chi connectivity index (χ1n) is 12.4. The number of β-lactam (4-membered cyclic amide) rings is 1. The highest BCUT2D eigenvalue weighted by atomic mass is 32.2. The molecule has 3 N–H and O–H groups in total. The van der Waals surface area contributed by atoms with Crippen molar-refractivity contribution in [2.75, 3.05) is 18.6 Å². The lowest BCUT2D eigenvalue weighted by molar-refractivity contribution is -0.151. The van der Waals surface area contributed by atoms with Gasteiger partial charge in [-0.15, -0.1) is 22.0 Å². The van der Waals surface area contributed by atoms with Gasteiger partial charge in [0.1, 0.15) is 28.2 Å². The van der Waals surface area contributed by atoms with Crippen molar-refractivity contribution in [3.8, 4) is 0 Å². The number of benzene rings is 1. The molecule has 4 rings (SSSR count). The Bertz CT molecular complexity index is 1440. The molecule has 2 aliphatic heterocycles. The number of carbonyl (C=O) groups excluding carboxylic acids is 4. The van der Waals surface area contributed by atoms with E-state index in [2.05, 4.69) is 20.8 Å². The number of urea groups is 1. The Morgan fingerprint density at radius 2 is 1.93 bits per heavy atom. The Morgan fingerprint density at radius 3 is 2.54 bits per heavy atom. The summed E-state index contributed by atoms with van der Waals surface area (Å²) in [4.78, 5) is 66.1. The van der Waals surface area contributed by atoms with Gasteiger partial charge in [0, 0.05) is 24.6 Å². The largest absolute Gasteiger partial charge is 0.477 e. The molecular weight excluding hydrogens is 589 g/mol. The van der Waals surface area contributed by atoms with E-state index in [9.17, 15) is 29.1 Å². The molecule has 3 heterocycles. The van der Waals surface area contributed by atoms with Crippen molar-refractivity contribution in [2.24, 2.45) is 0 Å². The number of aromatic nitrogens is 2. The Kier molecular flexibility index (Phi) is 9.50. The summed E-state index contributed by atoms with van der Waals surface area (Å²) in [5.41, 5.74) is 1.63. The number of thioether (sulfide) groups is 2. The van der Waals surface area contributed by atoms with Gasteiger partial charge in [0.2, 0.25) is 5.91 Å². The molecule has 1 unspecified atom stereocenters. The van der Waals surface area contributed by atoms with Gasteiger partial charge in [-0.25, -0.2) is 9.59 Å². The SMILES string of the molecule is CC(C)=CC(=O)N(C)C(=O)N[C@@H](C(=O)NC1C(=O)N2C(C(=O)O)=C(CSc3nnc(C)s3)CS[C@H]12)c1ccccc1. The molecule has 0 saturated carbocycles. The fraction of sp³-hybridized carbons (Fsp3) is 0.346. The molecule has 216 valence electrons. The van der Waals surface area contributed by atoms with Crippen LogP contribution in [0.25, 0.3) is 0 Å². The van der Waals surface area contributed by atoms with E-state index in [1.54, 1.807) is 44.2 Å². The third-order valence-electron chi connectivity index (χ3n) is 6.14. The third kappa shape index (κ3) is 6.80. The van der Waals surface area contributed by atoms with Gasteiger partial charge in [0.25, 0.3) is 11.8 Å². The van der Waals surface area contributed by atoms with E-state index in [-0.39, 0.29) is 5.70 Å². The van der Waals surface area contributed by atoms with Crippen molar-refractivity contribution in [2.45, 2.75) is 42.6 Å². The number of aliphatic carboxylic acids is 1. The number of nitrogens with zero attached hydrogens (tertiary/aromatic N) is 4. The standard InChI is InChI=1S/C26H28N6O6S3/c1-13(2)10-17(33)31(4)25(38)28-18(15-8-6-5-7-9-15)21(34)27-19-22(35)32-20(24(36)37)16(11-39-23(19)32)12-40-26-30-29-14(3)41-26/h5-10,18-19,23H,11-12H2,1-4H3,(H,27,34)(H,28,38)(H,36,37)/t18-,19?,23-/m1/s1. The van der Waals surface area contributed by atoms with Gasteiger partial charge in [-0.3, -0.25) is 24.2 Å². The van der Waals surface area contributed by atoms with E-state index in [0.29, 0.717) is 32.6 Å². The molecule has 0 radical (unpaired) electrons. The molecule has 15 heteroatoms. The fourth-order valence-corrected chi connectivity index (χ4v) is 7.43. The second-order valence-electron chi connectivity index (χ2n) is 9.44. The predicted molar refractivity (Wildman–Crippen MR) is 155 cm³/mol. The normalized spacial score (nSPS) is 18.5. The number of fused-ring (bicyclic) bond motifs is 1. The number of amides is 5. The molecule has 1 aromatic carbocycles. The Hall–Kier alpha value is -3.69. The number of imide groups is 1. The quantitative estimate of drug-likeness (QED) is 0.217. The van der Waals surface area contributed by atoms with Crippen LogP contribution in [0.5, 0.6) is 0 Å². The van der Waals surface area contributed by atoms with Gasteiger partial charge in [-0.05, 0) is 31.9 Å². The van der Waals surface area contributed by atoms with Crippen LogP contribution in [0.4, 0.5) is 4.79 Å². The van der Waals surface area contributed by atoms with Gasteiger partial charge < -0.3 is 15.7 Å². The van der Waals surface area contributed by atoms with Crippen LogP contribution in [-0.4, -0.2) is 84.8 Å². The molecule has 0 bridgehead atoms. The minimum atomic E-state index is -1.23. The molecule has 0 aliphatic carbocycles. The van der Waals surface area contributed by atoms with E-state index in [4.69, 9.17) is 0 Å². The Balaban J connectivity index is 1.49. The first-order valence-corrected chi connectivity index (χ1v) is 15.2. The van der Waals surface area contributed by atoms with Gasteiger partial charge in [0.15, 0.2) is 4.34 Å². The number of carbonyl (C=O) groups is 5. The average molecular weight is 617 g/mol. The van der Waals surface area contributed by atoms with Crippen molar-refractivity contribution < 1.29 is 29.1 Å². The molecule has 1 aromatic heterocycles. The molecule has 12 nitrogen and oxygen atoms in total. The van der Waals surface area contributed by atoms with Crippen molar-refractivity contribution in [1.82, 2.24) is 30.6 Å². The smallest absolute Gasteiger partial charge is 0.352 e. The molecule has 2 aromatic rings. The second kappa shape index (κ2) is 12.9. The van der Waals surface area contributed by atoms with E-state index >= 15 is 0 Å². The number of likely N-dealkylation sites (N-methyl/N-ethyl adjacent to an activating group) is 1. The zero-order valence-corrected chi connectivity index (χ0v) is 25.1. The lowest BCUT2D eigenvalue weighted by atomic mass is 10.0. The van der Waals surface area contributed by atoms with E-state index in [1.807, 2.05) is 6.92 Å². The average Bonchev–Trinajstić information content (AvgIpc) is 3.36. The number of aryl methyl sites for hydroxylation is 1. The van der Waals surface area contributed by atoms with Crippen LogP contribution in [-0.2, 0) is 19.2 Å². The molecule has 41 heavy (non-hydrogen) atoms. The highest BCUT2D eigenvalue weighted by Gasteiger charge is 2.54. The number of allylic oxidation sites excluding steroid dienone is 1. The molecule has 1 saturated heterocycles. The lowest BCUT2D eigenvalue weighted by Gasteiger charge is -2.49. The second-order valence-corrected chi connectivity index (χ2v) is 13.0. The monoisotopic (exact) mass is 616 g/mol. The number of hydrogen-bond donors (Lipinski definition) is 3. The zero-order valence-electron chi connectivity index (χ0n) is 22.6. The van der Waals surface area contributed by atoms with Crippen LogP contribution >= 0.6 is 34.9 Å². The van der Waals surface area contributed by atoms with E-state index in [0.717, 1.165) is 9.91 Å². The van der Waals surface area contributed by atoms with Gasteiger partial charge in [-0.1, -0.05) is 59.0 Å². The summed E-state index contributed by atoms with van der Waals surface area (Å²) in [6, 6.07) is 5.42. The van der Waals surface area contributed by atoms with Crippen LogP contribution < -0.4 is 10.6 Å². The maximum Gasteiger partial charge on any atom is 0.352 e. The molecular formula is C26H28N6O6S3. The van der Waals surface area contributed by atoms with Crippen molar-refractivity contribution in [3.05, 3.63) is 63.8 Å². The number of nitrogens with one attached hydrogen (secondary N) is 2. The van der Waals surface area contributed by atoms with Crippen LogP contribution in [0.1, 0.15) is 30.5 Å². The summed E-state index contributed by atoms with van der Waals surface area (Å²) in [6.45, 7) is 5.27. The molecule has 3 atom stereocenters. The molecule has 0 spiro atoms. The summed E-state index contributed by atoms with van der Waals surface area (Å²) in [5.74, 6) is -2.32. The Morgan fingerprint density at radius 1 is 1.22 bits per heavy atom. The van der Waals surface area contributed by atoms with Crippen molar-refractivity contribution in [1.29, 1.82) is 0 Å². The van der Waals surface area contributed by atoms with Crippen LogP contribution in [0.15, 0.2) is 57.6 Å². The number of carboxylic acid groups (broad SMARTS) is 1. The number of hydrogen-bond acceptors (Lipinski definition) is 10. The third-order valence-corrected chi connectivity index (χ3v) is 9.53. The van der Waals surface area contributed by atoms with Crippen LogP contribution in [0.3, 0.4) is 0 Å². The van der Waals surface area contributed by atoms with Gasteiger partial charge in [0.05, 0.1) is 0 Å².